The predicted molar refractivity (Wildman–Crippen MR) is 102 cm³/mol. The van der Waals surface area contributed by atoms with E-state index in [1.54, 1.807) is 68.7 Å². The first-order chi connectivity index (χ1) is 12.8. The minimum Gasteiger partial charge on any atom is -0.446 e. The number of likely N-dealkylation sites (N-methyl/N-ethyl adjacent to an activating group) is 1. The molecule has 0 heterocycles. The van der Waals surface area contributed by atoms with Crippen LogP contribution in [0.4, 0.5) is 0 Å². The molecule has 6 nitrogen and oxygen atoms in total. The molecule has 2 atom stereocenters. The molecular formula is C20H21ClN2O4. The van der Waals surface area contributed by atoms with Gasteiger partial charge in [-0.2, -0.15) is 0 Å². The Kier molecular flexibility index (Phi) is 6.96. The van der Waals surface area contributed by atoms with Crippen LogP contribution in [0, 0.1) is 0 Å². The maximum atomic E-state index is 12.5. The molecule has 2 amide bonds. The number of halogens is 1. The van der Waals surface area contributed by atoms with E-state index >= 15 is 0 Å². The van der Waals surface area contributed by atoms with Gasteiger partial charge in [0.1, 0.15) is 6.04 Å². The predicted octanol–water partition coefficient (Wildman–Crippen LogP) is 2.83. The van der Waals surface area contributed by atoms with E-state index in [0.717, 1.165) is 0 Å². The van der Waals surface area contributed by atoms with Gasteiger partial charge >= 0.3 is 5.97 Å². The lowest BCUT2D eigenvalue weighted by Gasteiger charge is -2.23. The van der Waals surface area contributed by atoms with Crippen LogP contribution in [-0.4, -0.2) is 42.8 Å². The molecule has 0 aromatic heterocycles. The number of ether oxygens (including phenoxy) is 1. The second kappa shape index (κ2) is 9.19. The highest BCUT2D eigenvalue weighted by Gasteiger charge is 2.29. The Labute approximate surface area is 163 Å². The van der Waals surface area contributed by atoms with E-state index in [0.29, 0.717) is 5.56 Å². The number of amides is 2. The summed E-state index contributed by atoms with van der Waals surface area (Å²) >= 11 is 6.00. The minimum atomic E-state index is -1.09. The largest absolute Gasteiger partial charge is 0.446 e. The molecule has 0 unspecified atom stereocenters. The molecule has 0 radical (unpaired) electrons. The Bertz CT molecular complexity index is 824. The minimum absolute atomic E-state index is 0.253. The number of nitrogens with one attached hydrogen (secondary N) is 1. The van der Waals surface area contributed by atoms with Crippen LogP contribution in [-0.2, 0) is 14.3 Å². The SMILES string of the molecule is C[C@H](NC(=O)c1ccccc1Cl)C(=O)O[C@@H](C(=O)N(C)C)c1ccccc1. The van der Waals surface area contributed by atoms with Crippen LogP contribution in [0.1, 0.15) is 28.9 Å². The van der Waals surface area contributed by atoms with E-state index in [-0.39, 0.29) is 16.5 Å². The first-order valence-corrected chi connectivity index (χ1v) is 8.71. The average Bonchev–Trinajstić information content (AvgIpc) is 2.66. The van der Waals surface area contributed by atoms with Crippen molar-refractivity contribution in [1.29, 1.82) is 0 Å². The van der Waals surface area contributed by atoms with Crippen LogP contribution in [0.3, 0.4) is 0 Å². The topological polar surface area (TPSA) is 75.7 Å². The van der Waals surface area contributed by atoms with Crippen molar-refractivity contribution in [2.24, 2.45) is 0 Å². The van der Waals surface area contributed by atoms with Crippen molar-refractivity contribution < 1.29 is 19.1 Å². The molecule has 142 valence electrons. The third kappa shape index (κ3) is 5.31. The Morgan fingerprint density at radius 3 is 2.19 bits per heavy atom. The summed E-state index contributed by atoms with van der Waals surface area (Å²) in [5.41, 5.74) is 0.803. The van der Waals surface area contributed by atoms with Gasteiger partial charge < -0.3 is 15.0 Å². The van der Waals surface area contributed by atoms with Crippen molar-refractivity contribution in [3.63, 3.8) is 0 Å². The molecular weight excluding hydrogens is 368 g/mol. The Morgan fingerprint density at radius 2 is 1.59 bits per heavy atom. The zero-order valence-corrected chi connectivity index (χ0v) is 16.1. The van der Waals surface area contributed by atoms with Crippen molar-refractivity contribution in [3.05, 3.63) is 70.7 Å². The van der Waals surface area contributed by atoms with Gasteiger partial charge in [-0.15, -0.1) is 0 Å². The summed E-state index contributed by atoms with van der Waals surface area (Å²) < 4.78 is 5.41. The number of benzene rings is 2. The van der Waals surface area contributed by atoms with Gasteiger partial charge in [0.15, 0.2) is 0 Å². The first kappa shape index (κ1) is 20.5. The van der Waals surface area contributed by atoms with Crippen molar-refractivity contribution in [3.8, 4) is 0 Å². The summed E-state index contributed by atoms with van der Waals surface area (Å²) in [6.07, 6.45) is -1.09. The lowest BCUT2D eigenvalue weighted by molar-refractivity contribution is -0.161. The number of nitrogens with zero attached hydrogens (tertiary/aromatic N) is 1. The highest BCUT2D eigenvalue weighted by molar-refractivity contribution is 6.33. The fraction of sp³-hybridized carbons (Fsp3) is 0.250. The van der Waals surface area contributed by atoms with E-state index < -0.39 is 24.0 Å². The maximum Gasteiger partial charge on any atom is 0.329 e. The van der Waals surface area contributed by atoms with Gasteiger partial charge in [-0.3, -0.25) is 9.59 Å². The summed E-state index contributed by atoms with van der Waals surface area (Å²) in [7, 11) is 3.16. The molecule has 0 bridgehead atoms. The van der Waals surface area contributed by atoms with E-state index in [1.165, 1.54) is 11.8 Å². The zero-order valence-electron chi connectivity index (χ0n) is 15.3. The zero-order chi connectivity index (χ0) is 20.0. The van der Waals surface area contributed by atoms with Crippen LogP contribution in [0.2, 0.25) is 5.02 Å². The molecule has 0 spiro atoms. The van der Waals surface area contributed by atoms with Gasteiger partial charge in [0.05, 0.1) is 10.6 Å². The van der Waals surface area contributed by atoms with Gasteiger partial charge in [-0.1, -0.05) is 54.1 Å². The lowest BCUT2D eigenvalue weighted by Crippen LogP contribution is -2.41. The van der Waals surface area contributed by atoms with Crippen LogP contribution < -0.4 is 5.32 Å². The summed E-state index contributed by atoms with van der Waals surface area (Å²) in [5, 5.41) is 2.82. The highest BCUT2D eigenvalue weighted by Crippen LogP contribution is 2.20. The summed E-state index contributed by atoms with van der Waals surface area (Å²) in [5.74, 6) is -1.60. The molecule has 7 heteroatoms. The summed E-state index contributed by atoms with van der Waals surface area (Å²) in [4.78, 5) is 38.5. The number of carbonyl (C=O) groups is 3. The fourth-order valence-electron chi connectivity index (χ4n) is 2.32. The van der Waals surface area contributed by atoms with E-state index in [1.807, 2.05) is 0 Å². The molecule has 1 N–H and O–H groups in total. The molecule has 0 aliphatic heterocycles. The van der Waals surface area contributed by atoms with Crippen LogP contribution in [0.15, 0.2) is 54.6 Å². The quantitative estimate of drug-likeness (QED) is 0.772. The van der Waals surface area contributed by atoms with Crippen molar-refractivity contribution in [1.82, 2.24) is 10.2 Å². The molecule has 0 aliphatic rings. The van der Waals surface area contributed by atoms with E-state index in [9.17, 15) is 14.4 Å². The molecule has 0 saturated carbocycles. The first-order valence-electron chi connectivity index (χ1n) is 8.33. The normalized spacial score (nSPS) is 12.6. The van der Waals surface area contributed by atoms with Gasteiger partial charge in [0.2, 0.25) is 6.10 Å². The second-order valence-electron chi connectivity index (χ2n) is 6.14. The number of hydrogen-bond acceptors (Lipinski definition) is 4. The van der Waals surface area contributed by atoms with Gasteiger partial charge in [-0.05, 0) is 19.1 Å². The van der Waals surface area contributed by atoms with Crippen molar-refractivity contribution in [2.75, 3.05) is 14.1 Å². The molecule has 0 fully saturated rings. The maximum absolute atomic E-state index is 12.5. The second-order valence-corrected chi connectivity index (χ2v) is 6.54. The number of hydrogen-bond donors (Lipinski definition) is 1. The smallest absolute Gasteiger partial charge is 0.329 e. The standard InChI is InChI=1S/C20H21ClN2O4/c1-13(22-18(24)15-11-7-8-12-16(15)21)20(26)27-17(19(25)23(2)3)14-9-5-4-6-10-14/h4-13,17H,1-3H3,(H,22,24)/t13-,17+/m0/s1. The molecule has 0 aliphatic carbocycles. The van der Waals surface area contributed by atoms with Gasteiger partial charge in [0.25, 0.3) is 11.8 Å². The van der Waals surface area contributed by atoms with Gasteiger partial charge in [-0.25, -0.2) is 4.79 Å². The van der Waals surface area contributed by atoms with Crippen LogP contribution in [0.5, 0.6) is 0 Å². The average molecular weight is 389 g/mol. The van der Waals surface area contributed by atoms with E-state index in [2.05, 4.69) is 5.32 Å². The molecule has 0 saturated heterocycles. The third-order valence-corrected chi connectivity index (χ3v) is 4.15. The van der Waals surface area contributed by atoms with Crippen molar-refractivity contribution >= 4 is 29.4 Å². The Hall–Kier alpha value is -2.86. The molecule has 2 aromatic rings. The van der Waals surface area contributed by atoms with E-state index in [4.69, 9.17) is 16.3 Å². The lowest BCUT2D eigenvalue weighted by atomic mass is 10.1. The Morgan fingerprint density at radius 1 is 1.00 bits per heavy atom. The van der Waals surface area contributed by atoms with Crippen LogP contribution >= 0.6 is 11.6 Å². The number of carbonyl (C=O) groups excluding carboxylic acids is 3. The monoisotopic (exact) mass is 388 g/mol. The van der Waals surface area contributed by atoms with Gasteiger partial charge in [0, 0.05) is 19.7 Å². The molecule has 2 rings (SSSR count). The molecule has 2 aromatic carbocycles. The summed E-state index contributed by atoms with van der Waals surface area (Å²) in [6, 6.07) is 14.3. The third-order valence-electron chi connectivity index (χ3n) is 3.82. The number of esters is 1. The Balaban J connectivity index is 2.11. The van der Waals surface area contributed by atoms with Crippen LogP contribution in [0.25, 0.3) is 0 Å². The number of rotatable bonds is 6. The molecule has 27 heavy (non-hydrogen) atoms. The fourth-order valence-corrected chi connectivity index (χ4v) is 2.54. The van der Waals surface area contributed by atoms with Crippen molar-refractivity contribution in [2.45, 2.75) is 19.1 Å². The summed E-state index contributed by atoms with van der Waals surface area (Å²) in [6.45, 7) is 1.49. The highest BCUT2D eigenvalue weighted by atomic mass is 35.5.